The fraction of sp³-hybridized carbons (Fsp3) is 0.647. The minimum absolute atomic E-state index is 0.227. The quantitative estimate of drug-likeness (QED) is 0.797. The lowest BCUT2D eigenvalue weighted by Gasteiger charge is -2.15. The highest BCUT2D eigenvalue weighted by Crippen LogP contribution is 2.17. The van der Waals surface area contributed by atoms with E-state index in [0.717, 1.165) is 31.7 Å². The Balaban J connectivity index is 1.79. The van der Waals surface area contributed by atoms with E-state index in [1.54, 1.807) is 6.07 Å². The first kappa shape index (κ1) is 16.2. The zero-order chi connectivity index (χ0) is 15.1. The molecule has 21 heavy (non-hydrogen) atoms. The van der Waals surface area contributed by atoms with Crippen molar-refractivity contribution in [3.8, 4) is 5.75 Å². The summed E-state index contributed by atoms with van der Waals surface area (Å²) in [5, 5.41) is 3.33. The number of nitrogens with zero attached hydrogens (tertiary/aromatic N) is 1. The second-order valence-electron chi connectivity index (χ2n) is 6.22. The standard InChI is InChI=1S/C17H27FN2O/c1-14(2)12-19-13-15-9-16(18)11-17(10-15)21-8-7-20-5-3-4-6-20/h9-11,14,19H,3-8,12-13H2,1-2H3. The molecule has 4 heteroatoms. The van der Waals surface area contributed by atoms with Gasteiger partial charge in [0.1, 0.15) is 18.2 Å². The highest BCUT2D eigenvalue weighted by Gasteiger charge is 2.11. The normalized spacial score (nSPS) is 15.8. The molecule has 0 spiro atoms. The molecule has 1 heterocycles. The maximum atomic E-state index is 13.6. The van der Waals surface area contributed by atoms with Crippen LogP contribution in [0.1, 0.15) is 32.3 Å². The molecule has 118 valence electrons. The molecular weight excluding hydrogens is 267 g/mol. The molecule has 0 unspecified atom stereocenters. The van der Waals surface area contributed by atoms with Gasteiger partial charge in [0.2, 0.25) is 0 Å². The number of hydrogen-bond donors (Lipinski definition) is 1. The summed E-state index contributed by atoms with van der Waals surface area (Å²) in [7, 11) is 0. The Labute approximate surface area is 127 Å². The first-order valence-corrected chi connectivity index (χ1v) is 7.99. The van der Waals surface area contributed by atoms with E-state index in [1.807, 2.05) is 6.07 Å². The third-order valence-electron chi connectivity index (χ3n) is 3.69. The summed E-state index contributed by atoms with van der Waals surface area (Å²) >= 11 is 0. The third kappa shape index (κ3) is 6.02. The van der Waals surface area contributed by atoms with Crippen molar-refractivity contribution in [1.29, 1.82) is 0 Å². The molecule has 0 bridgehead atoms. The molecule has 0 aromatic heterocycles. The summed E-state index contributed by atoms with van der Waals surface area (Å²) in [6.07, 6.45) is 2.57. The lowest BCUT2D eigenvalue weighted by Crippen LogP contribution is -2.25. The lowest BCUT2D eigenvalue weighted by atomic mass is 10.2. The van der Waals surface area contributed by atoms with E-state index in [0.29, 0.717) is 24.8 Å². The molecule has 1 aliphatic rings. The van der Waals surface area contributed by atoms with Gasteiger partial charge >= 0.3 is 0 Å². The molecule has 0 radical (unpaired) electrons. The maximum Gasteiger partial charge on any atom is 0.127 e. The van der Waals surface area contributed by atoms with Gasteiger partial charge in [0.15, 0.2) is 0 Å². The van der Waals surface area contributed by atoms with Crippen molar-refractivity contribution < 1.29 is 9.13 Å². The van der Waals surface area contributed by atoms with Gasteiger partial charge in [0, 0.05) is 19.2 Å². The molecule has 0 aliphatic carbocycles. The molecule has 1 aromatic carbocycles. The average molecular weight is 294 g/mol. The van der Waals surface area contributed by atoms with Gasteiger partial charge in [-0.3, -0.25) is 4.90 Å². The van der Waals surface area contributed by atoms with Crippen LogP contribution in [0.4, 0.5) is 4.39 Å². The minimum atomic E-state index is -0.227. The van der Waals surface area contributed by atoms with E-state index >= 15 is 0 Å². The number of halogens is 1. The summed E-state index contributed by atoms with van der Waals surface area (Å²) in [6, 6.07) is 4.97. The van der Waals surface area contributed by atoms with Crippen LogP contribution in [0.5, 0.6) is 5.75 Å². The van der Waals surface area contributed by atoms with Crippen molar-refractivity contribution in [3.63, 3.8) is 0 Å². The van der Waals surface area contributed by atoms with Gasteiger partial charge in [-0.2, -0.15) is 0 Å². The number of likely N-dealkylation sites (tertiary alicyclic amines) is 1. The Hall–Kier alpha value is -1.13. The molecule has 0 saturated carbocycles. The summed E-state index contributed by atoms with van der Waals surface area (Å²) in [6.45, 7) is 9.81. The van der Waals surface area contributed by atoms with Crippen LogP contribution in [0.2, 0.25) is 0 Å². The molecule has 1 aliphatic heterocycles. The third-order valence-corrected chi connectivity index (χ3v) is 3.69. The average Bonchev–Trinajstić information content (AvgIpc) is 2.91. The van der Waals surface area contributed by atoms with Crippen molar-refractivity contribution in [2.45, 2.75) is 33.2 Å². The highest BCUT2D eigenvalue weighted by atomic mass is 19.1. The van der Waals surface area contributed by atoms with Crippen LogP contribution in [0, 0.1) is 11.7 Å². The topological polar surface area (TPSA) is 24.5 Å². The predicted molar refractivity (Wildman–Crippen MR) is 84.1 cm³/mol. The zero-order valence-corrected chi connectivity index (χ0v) is 13.2. The second-order valence-corrected chi connectivity index (χ2v) is 6.22. The summed E-state index contributed by atoms with van der Waals surface area (Å²) in [5.41, 5.74) is 0.937. The van der Waals surface area contributed by atoms with E-state index in [1.165, 1.54) is 18.9 Å². The van der Waals surface area contributed by atoms with Crippen LogP contribution < -0.4 is 10.1 Å². The van der Waals surface area contributed by atoms with E-state index < -0.39 is 0 Å². The molecule has 1 fully saturated rings. The Morgan fingerprint density at radius 2 is 2.00 bits per heavy atom. The molecule has 1 saturated heterocycles. The van der Waals surface area contributed by atoms with Crippen LogP contribution >= 0.6 is 0 Å². The van der Waals surface area contributed by atoms with Gasteiger partial charge in [0.05, 0.1) is 0 Å². The first-order valence-electron chi connectivity index (χ1n) is 7.99. The van der Waals surface area contributed by atoms with Gasteiger partial charge in [-0.05, 0) is 56.1 Å². The first-order chi connectivity index (χ1) is 10.1. The van der Waals surface area contributed by atoms with Gasteiger partial charge in [0.25, 0.3) is 0 Å². The molecule has 2 rings (SSSR count). The largest absolute Gasteiger partial charge is 0.492 e. The van der Waals surface area contributed by atoms with Gasteiger partial charge in [-0.15, -0.1) is 0 Å². The fourth-order valence-corrected chi connectivity index (χ4v) is 2.61. The van der Waals surface area contributed by atoms with Gasteiger partial charge < -0.3 is 10.1 Å². The molecular formula is C17H27FN2O. The molecule has 0 amide bonds. The summed E-state index contributed by atoms with van der Waals surface area (Å²) in [4.78, 5) is 2.39. The van der Waals surface area contributed by atoms with Crippen LogP contribution in [0.15, 0.2) is 18.2 Å². The number of rotatable bonds is 8. The van der Waals surface area contributed by atoms with E-state index in [9.17, 15) is 4.39 Å². The van der Waals surface area contributed by atoms with Crippen molar-refractivity contribution in [2.24, 2.45) is 5.92 Å². The number of ether oxygens (including phenoxy) is 1. The second kappa shape index (κ2) is 8.35. The highest BCUT2D eigenvalue weighted by molar-refractivity contribution is 5.29. The summed E-state index contributed by atoms with van der Waals surface area (Å²) in [5.74, 6) is 1.00. The van der Waals surface area contributed by atoms with Crippen molar-refractivity contribution in [3.05, 3.63) is 29.6 Å². The zero-order valence-electron chi connectivity index (χ0n) is 13.2. The Bertz CT molecular complexity index is 431. The van der Waals surface area contributed by atoms with Crippen LogP contribution in [-0.2, 0) is 6.54 Å². The van der Waals surface area contributed by atoms with Gasteiger partial charge in [-0.25, -0.2) is 4.39 Å². The molecule has 1 aromatic rings. The van der Waals surface area contributed by atoms with E-state index in [-0.39, 0.29) is 5.82 Å². The Kier molecular flexibility index (Phi) is 6.46. The maximum absolute atomic E-state index is 13.6. The lowest BCUT2D eigenvalue weighted by molar-refractivity contribution is 0.237. The molecule has 3 nitrogen and oxygen atoms in total. The number of benzene rings is 1. The number of hydrogen-bond acceptors (Lipinski definition) is 3. The van der Waals surface area contributed by atoms with Crippen molar-refractivity contribution in [1.82, 2.24) is 10.2 Å². The van der Waals surface area contributed by atoms with Crippen molar-refractivity contribution in [2.75, 3.05) is 32.8 Å². The smallest absolute Gasteiger partial charge is 0.127 e. The fourth-order valence-electron chi connectivity index (χ4n) is 2.61. The Morgan fingerprint density at radius 1 is 1.24 bits per heavy atom. The predicted octanol–water partition coefficient (Wildman–Crippen LogP) is 3.05. The Morgan fingerprint density at radius 3 is 2.71 bits per heavy atom. The van der Waals surface area contributed by atoms with Crippen LogP contribution in [0.25, 0.3) is 0 Å². The molecule has 0 atom stereocenters. The number of nitrogens with one attached hydrogen (secondary N) is 1. The van der Waals surface area contributed by atoms with Gasteiger partial charge in [-0.1, -0.05) is 13.8 Å². The SMILES string of the molecule is CC(C)CNCc1cc(F)cc(OCCN2CCCC2)c1. The van der Waals surface area contributed by atoms with E-state index in [4.69, 9.17) is 4.74 Å². The molecule has 1 N–H and O–H groups in total. The van der Waals surface area contributed by atoms with Crippen molar-refractivity contribution >= 4 is 0 Å². The van der Waals surface area contributed by atoms with E-state index in [2.05, 4.69) is 24.1 Å². The van der Waals surface area contributed by atoms with Crippen LogP contribution in [0.3, 0.4) is 0 Å². The summed E-state index contributed by atoms with van der Waals surface area (Å²) < 4.78 is 19.3. The minimum Gasteiger partial charge on any atom is -0.492 e. The monoisotopic (exact) mass is 294 g/mol. The van der Waals surface area contributed by atoms with Crippen LogP contribution in [-0.4, -0.2) is 37.7 Å².